The molecule has 23 heavy (non-hydrogen) atoms. The quantitative estimate of drug-likeness (QED) is 0.891. The predicted octanol–water partition coefficient (Wildman–Crippen LogP) is 2.52. The van der Waals surface area contributed by atoms with Crippen LogP contribution in [0.2, 0.25) is 0 Å². The summed E-state index contributed by atoms with van der Waals surface area (Å²) in [5.41, 5.74) is 2.77. The van der Waals surface area contributed by atoms with Gasteiger partial charge in [-0.2, -0.15) is 5.10 Å². The third-order valence-corrected chi connectivity index (χ3v) is 3.44. The van der Waals surface area contributed by atoms with E-state index in [1.165, 1.54) is 16.3 Å². The first kappa shape index (κ1) is 16.9. The van der Waals surface area contributed by atoms with E-state index in [9.17, 15) is 9.59 Å². The molecule has 0 radical (unpaired) electrons. The lowest BCUT2D eigenvalue weighted by Gasteiger charge is -2.09. The van der Waals surface area contributed by atoms with E-state index < -0.39 is 0 Å². The van der Waals surface area contributed by atoms with Gasteiger partial charge in [0.05, 0.1) is 5.69 Å². The van der Waals surface area contributed by atoms with Crippen LogP contribution in [0.1, 0.15) is 32.3 Å². The Bertz CT molecular complexity index is 718. The number of rotatable bonds is 6. The van der Waals surface area contributed by atoms with E-state index in [2.05, 4.69) is 10.4 Å². The van der Waals surface area contributed by atoms with Gasteiger partial charge in [0.2, 0.25) is 5.91 Å². The van der Waals surface area contributed by atoms with Gasteiger partial charge in [0.1, 0.15) is 0 Å². The summed E-state index contributed by atoms with van der Waals surface area (Å²) >= 11 is 0. The first-order valence-corrected chi connectivity index (χ1v) is 7.90. The first-order chi connectivity index (χ1) is 11.0. The fourth-order valence-electron chi connectivity index (χ4n) is 2.27. The Morgan fingerprint density at radius 1 is 1.17 bits per heavy atom. The SMILES string of the molecule is Cc1ccc(-c2ccc(=O)n(CCCC(=O)NC(C)C)n2)cc1. The number of carbonyl (C=O) groups excluding carboxylic acids is 1. The number of hydrogen-bond donors (Lipinski definition) is 1. The van der Waals surface area contributed by atoms with Gasteiger partial charge in [0.25, 0.3) is 5.56 Å². The summed E-state index contributed by atoms with van der Waals surface area (Å²) < 4.78 is 1.43. The van der Waals surface area contributed by atoms with Crippen molar-refractivity contribution in [2.24, 2.45) is 0 Å². The number of nitrogens with zero attached hydrogens (tertiary/aromatic N) is 2. The molecule has 1 heterocycles. The van der Waals surface area contributed by atoms with Crippen LogP contribution in [0.3, 0.4) is 0 Å². The Morgan fingerprint density at radius 3 is 2.52 bits per heavy atom. The number of aryl methyl sites for hydroxylation is 2. The standard InChI is InChI=1S/C18H23N3O2/c1-13(2)19-17(22)5-4-12-21-18(23)11-10-16(20-21)15-8-6-14(3)7-9-15/h6-11,13H,4-5,12H2,1-3H3,(H,19,22). The van der Waals surface area contributed by atoms with Crippen LogP contribution >= 0.6 is 0 Å². The zero-order valence-corrected chi connectivity index (χ0v) is 13.9. The van der Waals surface area contributed by atoms with Crippen LogP contribution in [-0.2, 0) is 11.3 Å². The molecular formula is C18H23N3O2. The fourth-order valence-corrected chi connectivity index (χ4v) is 2.27. The lowest BCUT2D eigenvalue weighted by atomic mass is 10.1. The predicted molar refractivity (Wildman–Crippen MR) is 91.2 cm³/mol. The van der Waals surface area contributed by atoms with Crippen molar-refractivity contribution in [2.75, 3.05) is 0 Å². The van der Waals surface area contributed by atoms with Crippen LogP contribution in [0.25, 0.3) is 11.3 Å². The molecule has 0 aliphatic carbocycles. The maximum Gasteiger partial charge on any atom is 0.266 e. The molecule has 1 N–H and O–H groups in total. The third-order valence-electron chi connectivity index (χ3n) is 3.44. The molecule has 0 unspecified atom stereocenters. The Hall–Kier alpha value is -2.43. The molecule has 0 fully saturated rings. The molecule has 1 aromatic carbocycles. The molecule has 0 saturated heterocycles. The molecule has 0 atom stereocenters. The molecule has 2 aromatic rings. The third kappa shape index (κ3) is 5.06. The highest BCUT2D eigenvalue weighted by molar-refractivity contribution is 5.76. The Labute approximate surface area is 136 Å². The topological polar surface area (TPSA) is 64.0 Å². The van der Waals surface area contributed by atoms with E-state index in [1.807, 2.05) is 45.0 Å². The van der Waals surface area contributed by atoms with E-state index in [0.717, 1.165) is 11.3 Å². The second kappa shape index (κ2) is 7.72. The van der Waals surface area contributed by atoms with Crippen LogP contribution in [0.4, 0.5) is 0 Å². The number of amides is 1. The molecule has 1 amide bonds. The Morgan fingerprint density at radius 2 is 1.87 bits per heavy atom. The van der Waals surface area contributed by atoms with Crippen molar-refractivity contribution in [1.82, 2.24) is 15.1 Å². The van der Waals surface area contributed by atoms with Crippen molar-refractivity contribution < 1.29 is 4.79 Å². The van der Waals surface area contributed by atoms with Crippen molar-refractivity contribution in [3.05, 3.63) is 52.3 Å². The highest BCUT2D eigenvalue weighted by Crippen LogP contribution is 2.15. The van der Waals surface area contributed by atoms with E-state index >= 15 is 0 Å². The van der Waals surface area contributed by atoms with Gasteiger partial charge >= 0.3 is 0 Å². The molecule has 1 aromatic heterocycles. The average Bonchev–Trinajstić information content (AvgIpc) is 2.49. The molecule has 0 saturated carbocycles. The van der Waals surface area contributed by atoms with Gasteiger partial charge in [-0.1, -0.05) is 29.8 Å². The summed E-state index contributed by atoms with van der Waals surface area (Å²) in [5, 5.41) is 7.24. The minimum absolute atomic E-state index is 0.00254. The molecular weight excluding hydrogens is 290 g/mol. The van der Waals surface area contributed by atoms with E-state index in [-0.39, 0.29) is 17.5 Å². The van der Waals surface area contributed by atoms with Crippen molar-refractivity contribution in [3.8, 4) is 11.3 Å². The minimum Gasteiger partial charge on any atom is -0.354 e. The van der Waals surface area contributed by atoms with E-state index in [0.29, 0.717) is 19.4 Å². The number of hydrogen-bond acceptors (Lipinski definition) is 3. The fraction of sp³-hybridized carbons (Fsp3) is 0.389. The second-order valence-corrected chi connectivity index (χ2v) is 5.97. The van der Waals surface area contributed by atoms with Gasteiger partial charge in [-0.25, -0.2) is 4.68 Å². The zero-order chi connectivity index (χ0) is 16.8. The van der Waals surface area contributed by atoms with Crippen LogP contribution in [0.5, 0.6) is 0 Å². The summed E-state index contributed by atoms with van der Waals surface area (Å²) in [6.45, 7) is 6.31. The monoisotopic (exact) mass is 313 g/mol. The molecule has 0 spiro atoms. The maximum absolute atomic E-state index is 11.9. The van der Waals surface area contributed by atoms with Crippen molar-refractivity contribution >= 4 is 5.91 Å². The summed E-state index contributed by atoms with van der Waals surface area (Å²) in [6, 6.07) is 11.4. The van der Waals surface area contributed by atoms with Crippen molar-refractivity contribution in [3.63, 3.8) is 0 Å². The minimum atomic E-state index is -0.148. The Balaban J connectivity index is 2.05. The number of nitrogens with one attached hydrogen (secondary N) is 1. The van der Waals surface area contributed by atoms with Crippen LogP contribution < -0.4 is 10.9 Å². The van der Waals surface area contributed by atoms with Gasteiger partial charge in [-0.15, -0.1) is 0 Å². The van der Waals surface area contributed by atoms with Gasteiger partial charge in [-0.05, 0) is 33.3 Å². The number of benzene rings is 1. The lowest BCUT2D eigenvalue weighted by Crippen LogP contribution is -2.30. The molecule has 0 aliphatic rings. The molecule has 5 heteroatoms. The van der Waals surface area contributed by atoms with Crippen molar-refractivity contribution in [1.29, 1.82) is 0 Å². The van der Waals surface area contributed by atoms with E-state index in [4.69, 9.17) is 0 Å². The molecule has 5 nitrogen and oxygen atoms in total. The summed E-state index contributed by atoms with van der Waals surface area (Å²) in [6.07, 6.45) is 0.976. The highest BCUT2D eigenvalue weighted by atomic mass is 16.1. The summed E-state index contributed by atoms with van der Waals surface area (Å²) in [7, 11) is 0. The second-order valence-electron chi connectivity index (χ2n) is 5.97. The smallest absolute Gasteiger partial charge is 0.266 e. The summed E-state index contributed by atoms with van der Waals surface area (Å²) in [4.78, 5) is 23.5. The first-order valence-electron chi connectivity index (χ1n) is 7.90. The number of aromatic nitrogens is 2. The maximum atomic E-state index is 11.9. The van der Waals surface area contributed by atoms with Gasteiger partial charge in [0, 0.05) is 30.6 Å². The number of carbonyl (C=O) groups is 1. The largest absolute Gasteiger partial charge is 0.354 e. The highest BCUT2D eigenvalue weighted by Gasteiger charge is 2.06. The summed E-state index contributed by atoms with van der Waals surface area (Å²) in [5.74, 6) is 0.00254. The van der Waals surface area contributed by atoms with Gasteiger partial charge in [0.15, 0.2) is 0 Å². The Kier molecular flexibility index (Phi) is 5.68. The van der Waals surface area contributed by atoms with Crippen LogP contribution in [0.15, 0.2) is 41.2 Å². The molecule has 0 bridgehead atoms. The van der Waals surface area contributed by atoms with Crippen LogP contribution in [-0.4, -0.2) is 21.7 Å². The zero-order valence-electron chi connectivity index (χ0n) is 13.9. The van der Waals surface area contributed by atoms with E-state index in [1.54, 1.807) is 6.07 Å². The molecule has 2 rings (SSSR count). The van der Waals surface area contributed by atoms with Gasteiger partial charge in [-0.3, -0.25) is 9.59 Å². The van der Waals surface area contributed by atoms with Crippen LogP contribution in [0, 0.1) is 6.92 Å². The average molecular weight is 313 g/mol. The molecule has 0 aliphatic heterocycles. The van der Waals surface area contributed by atoms with Gasteiger partial charge < -0.3 is 5.32 Å². The van der Waals surface area contributed by atoms with Crippen molar-refractivity contribution in [2.45, 2.75) is 46.2 Å². The lowest BCUT2D eigenvalue weighted by molar-refractivity contribution is -0.121. The molecule has 122 valence electrons. The normalized spacial score (nSPS) is 10.8.